The zero-order valence-corrected chi connectivity index (χ0v) is 15.2. The minimum Gasteiger partial charge on any atom is -0.497 e. The van der Waals surface area contributed by atoms with Crippen LogP contribution < -0.4 is 4.74 Å². The summed E-state index contributed by atoms with van der Waals surface area (Å²) in [5, 5.41) is 0. The lowest BCUT2D eigenvalue weighted by Gasteiger charge is -2.24. The summed E-state index contributed by atoms with van der Waals surface area (Å²) in [6.45, 7) is 0.804. The summed E-state index contributed by atoms with van der Waals surface area (Å²) in [7, 11) is 1.66. The standard InChI is InChI=1S/C20H20BrNO2/c1-24-18-10-8-16(9-11-18)19-6-3-13-22(19)20(23)12-7-15-4-2-5-17(21)14-15/h2,4-5,7-12,14,19H,3,6,13H2,1H3/b12-7+. The van der Waals surface area contributed by atoms with Crippen LogP contribution in [0.1, 0.15) is 30.0 Å². The zero-order chi connectivity index (χ0) is 16.9. The minimum atomic E-state index is 0.0632. The highest BCUT2D eigenvalue weighted by Crippen LogP contribution is 2.33. The third-order valence-corrected chi connectivity index (χ3v) is 4.80. The molecule has 3 nitrogen and oxygen atoms in total. The summed E-state index contributed by atoms with van der Waals surface area (Å²) in [4.78, 5) is 14.6. The number of ether oxygens (including phenoxy) is 1. The molecule has 124 valence electrons. The molecular weight excluding hydrogens is 366 g/mol. The van der Waals surface area contributed by atoms with Crippen molar-refractivity contribution in [1.29, 1.82) is 0 Å². The number of carbonyl (C=O) groups is 1. The van der Waals surface area contributed by atoms with Crippen molar-refractivity contribution < 1.29 is 9.53 Å². The van der Waals surface area contributed by atoms with Gasteiger partial charge in [0.25, 0.3) is 0 Å². The van der Waals surface area contributed by atoms with Crippen LogP contribution in [0.2, 0.25) is 0 Å². The van der Waals surface area contributed by atoms with Crippen LogP contribution >= 0.6 is 15.9 Å². The third-order valence-electron chi connectivity index (χ3n) is 4.30. The lowest BCUT2D eigenvalue weighted by Crippen LogP contribution is -2.28. The van der Waals surface area contributed by atoms with Crippen LogP contribution in [0, 0.1) is 0 Å². The van der Waals surface area contributed by atoms with Gasteiger partial charge in [0.2, 0.25) is 5.91 Å². The molecule has 0 aromatic heterocycles. The van der Waals surface area contributed by atoms with E-state index in [0.29, 0.717) is 0 Å². The number of nitrogens with zero attached hydrogens (tertiary/aromatic N) is 1. The van der Waals surface area contributed by atoms with Crippen molar-refractivity contribution in [1.82, 2.24) is 4.90 Å². The molecule has 2 aromatic rings. The van der Waals surface area contributed by atoms with Crippen molar-refractivity contribution >= 4 is 27.9 Å². The molecule has 1 fully saturated rings. The van der Waals surface area contributed by atoms with Gasteiger partial charge in [-0.3, -0.25) is 4.79 Å². The normalized spacial score (nSPS) is 17.4. The number of hydrogen-bond acceptors (Lipinski definition) is 2. The fraction of sp³-hybridized carbons (Fsp3) is 0.250. The number of hydrogen-bond donors (Lipinski definition) is 0. The van der Waals surface area contributed by atoms with E-state index in [2.05, 4.69) is 15.9 Å². The Balaban J connectivity index is 1.73. The molecule has 1 heterocycles. The molecular formula is C20H20BrNO2. The van der Waals surface area contributed by atoms with Crippen LogP contribution in [0.25, 0.3) is 6.08 Å². The van der Waals surface area contributed by atoms with Gasteiger partial charge < -0.3 is 9.64 Å². The smallest absolute Gasteiger partial charge is 0.247 e. The quantitative estimate of drug-likeness (QED) is 0.705. The van der Waals surface area contributed by atoms with E-state index in [-0.39, 0.29) is 11.9 Å². The Morgan fingerprint density at radius 1 is 1.25 bits per heavy atom. The van der Waals surface area contributed by atoms with Gasteiger partial charge >= 0.3 is 0 Å². The number of methoxy groups -OCH3 is 1. The van der Waals surface area contributed by atoms with Crippen LogP contribution in [0.5, 0.6) is 5.75 Å². The van der Waals surface area contributed by atoms with Gasteiger partial charge in [-0.2, -0.15) is 0 Å². The molecule has 1 saturated heterocycles. The molecule has 0 bridgehead atoms. The van der Waals surface area contributed by atoms with E-state index in [4.69, 9.17) is 4.74 Å². The highest BCUT2D eigenvalue weighted by atomic mass is 79.9. The second-order valence-corrected chi connectivity index (χ2v) is 6.77. The van der Waals surface area contributed by atoms with E-state index in [9.17, 15) is 4.79 Å². The summed E-state index contributed by atoms with van der Waals surface area (Å²) < 4.78 is 6.22. The largest absolute Gasteiger partial charge is 0.497 e. The van der Waals surface area contributed by atoms with Crippen LogP contribution in [-0.4, -0.2) is 24.5 Å². The van der Waals surface area contributed by atoms with Crippen molar-refractivity contribution in [2.45, 2.75) is 18.9 Å². The van der Waals surface area contributed by atoms with E-state index >= 15 is 0 Å². The molecule has 2 aromatic carbocycles. The molecule has 1 atom stereocenters. The lowest BCUT2D eigenvalue weighted by molar-refractivity contribution is -0.126. The van der Waals surface area contributed by atoms with Crippen LogP contribution in [0.4, 0.5) is 0 Å². The summed E-state index contributed by atoms with van der Waals surface area (Å²) in [6.07, 6.45) is 5.58. The molecule has 4 heteroatoms. The molecule has 24 heavy (non-hydrogen) atoms. The number of halogens is 1. The molecule has 0 spiro atoms. The maximum Gasteiger partial charge on any atom is 0.247 e. The first-order chi connectivity index (χ1) is 11.7. The molecule has 1 unspecified atom stereocenters. The zero-order valence-electron chi connectivity index (χ0n) is 13.6. The van der Waals surface area contributed by atoms with Crippen molar-refractivity contribution in [3.8, 4) is 5.75 Å². The second-order valence-electron chi connectivity index (χ2n) is 5.85. The van der Waals surface area contributed by atoms with Gasteiger partial charge in [0.05, 0.1) is 13.2 Å². The summed E-state index contributed by atoms with van der Waals surface area (Å²) >= 11 is 3.45. The summed E-state index contributed by atoms with van der Waals surface area (Å²) in [5.41, 5.74) is 2.18. The average molecular weight is 386 g/mol. The fourth-order valence-electron chi connectivity index (χ4n) is 3.08. The first-order valence-electron chi connectivity index (χ1n) is 8.05. The Kier molecular flexibility index (Phi) is 5.36. The van der Waals surface area contributed by atoms with Gasteiger partial charge in [0.15, 0.2) is 0 Å². The van der Waals surface area contributed by atoms with Crippen molar-refractivity contribution in [3.05, 3.63) is 70.2 Å². The molecule has 1 aliphatic heterocycles. The molecule has 3 rings (SSSR count). The van der Waals surface area contributed by atoms with E-state index in [1.54, 1.807) is 13.2 Å². The first-order valence-corrected chi connectivity index (χ1v) is 8.85. The monoisotopic (exact) mass is 385 g/mol. The molecule has 0 saturated carbocycles. The summed E-state index contributed by atoms with van der Waals surface area (Å²) in [5.74, 6) is 0.900. The molecule has 1 aliphatic rings. The Hall–Kier alpha value is -2.07. The van der Waals surface area contributed by atoms with Gasteiger partial charge in [-0.25, -0.2) is 0 Å². The number of benzene rings is 2. The Morgan fingerprint density at radius 2 is 2.04 bits per heavy atom. The van der Waals surface area contributed by atoms with E-state index < -0.39 is 0 Å². The minimum absolute atomic E-state index is 0.0632. The van der Waals surface area contributed by atoms with Crippen molar-refractivity contribution in [3.63, 3.8) is 0 Å². The number of carbonyl (C=O) groups excluding carboxylic acids is 1. The van der Waals surface area contributed by atoms with Crippen LogP contribution in [-0.2, 0) is 4.79 Å². The maximum atomic E-state index is 12.6. The number of likely N-dealkylation sites (tertiary alicyclic amines) is 1. The summed E-state index contributed by atoms with van der Waals surface area (Å²) in [6, 6.07) is 16.1. The molecule has 1 amide bonds. The number of amides is 1. The van der Waals surface area contributed by atoms with Gasteiger partial charge in [-0.1, -0.05) is 40.2 Å². The topological polar surface area (TPSA) is 29.5 Å². The molecule has 0 N–H and O–H groups in total. The van der Waals surface area contributed by atoms with Gasteiger partial charge in [-0.15, -0.1) is 0 Å². The number of rotatable bonds is 4. The van der Waals surface area contributed by atoms with Gasteiger partial charge in [-0.05, 0) is 54.3 Å². The SMILES string of the molecule is COc1ccc(C2CCCN2C(=O)/C=C/c2cccc(Br)c2)cc1. The van der Waals surface area contributed by atoms with Crippen molar-refractivity contribution in [2.24, 2.45) is 0 Å². The Morgan fingerprint density at radius 3 is 2.75 bits per heavy atom. The maximum absolute atomic E-state index is 12.6. The van der Waals surface area contributed by atoms with E-state index in [1.807, 2.05) is 59.5 Å². The highest BCUT2D eigenvalue weighted by molar-refractivity contribution is 9.10. The molecule has 0 aliphatic carbocycles. The second kappa shape index (κ2) is 7.67. The third kappa shape index (κ3) is 3.88. The van der Waals surface area contributed by atoms with Crippen molar-refractivity contribution in [2.75, 3.05) is 13.7 Å². The lowest BCUT2D eigenvalue weighted by atomic mass is 10.0. The predicted molar refractivity (Wildman–Crippen MR) is 99.9 cm³/mol. The van der Waals surface area contributed by atoms with Gasteiger partial charge in [0, 0.05) is 17.1 Å². The highest BCUT2D eigenvalue weighted by Gasteiger charge is 2.28. The van der Waals surface area contributed by atoms with Gasteiger partial charge in [0.1, 0.15) is 5.75 Å². The first kappa shape index (κ1) is 16.8. The van der Waals surface area contributed by atoms with Crippen LogP contribution in [0.3, 0.4) is 0 Å². The fourth-order valence-corrected chi connectivity index (χ4v) is 3.49. The Labute approximate surface area is 151 Å². The molecule has 0 radical (unpaired) electrons. The van der Waals surface area contributed by atoms with E-state index in [1.165, 1.54) is 0 Å². The Bertz CT molecular complexity index is 740. The van der Waals surface area contributed by atoms with Crippen LogP contribution in [0.15, 0.2) is 59.1 Å². The van der Waals surface area contributed by atoms with E-state index in [0.717, 1.165) is 40.7 Å². The average Bonchev–Trinajstić information content (AvgIpc) is 3.09. The predicted octanol–water partition coefficient (Wildman–Crippen LogP) is 4.83.